The first-order valence-corrected chi connectivity index (χ1v) is 8.06. The minimum Gasteiger partial charge on any atom is -0.338 e. The molecule has 3 rings (SSSR count). The first-order chi connectivity index (χ1) is 9.99. The molecule has 0 unspecified atom stereocenters. The molecular formula is C15H16N2O3S. The van der Waals surface area contributed by atoms with Gasteiger partial charge < -0.3 is 4.98 Å². The second-order valence-electron chi connectivity index (χ2n) is 4.34. The lowest BCUT2D eigenvalue weighted by molar-refractivity contribution is 0.484. The molecule has 0 aliphatic heterocycles. The quantitative estimate of drug-likeness (QED) is 0.713. The van der Waals surface area contributed by atoms with Crippen LogP contribution in [0.1, 0.15) is 6.92 Å². The standard InChI is InChI=1S/C13H10N2.C2H6O3S/c1-2-6-10(7-3-1)13-14-11-8-4-5-9-12(11)15-13;1-2-6(3,4)5/h1-9H,(H,14,15);2H2,1H3,(H,3,4,5). The Balaban J connectivity index is 0.000000232. The minimum atomic E-state index is -3.66. The minimum absolute atomic E-state index is 0.201. The van der Waals surface area contributed by atoms with Crippen molar-refractivity contribution in [3.05, 3.63) is 54.6 Å². The van der Waals surface area contributed by atoms with Gasteiger partial charge in [0.15, 0.2) is 0 Å². The largest absolute Gasteiger partial charge is 0.338 e. The number of rotatable bonds is 2. The van der Waals surface area contributed by atoms with Crippen LogP contribution in [-0.4, -0.2) is 28.7 Å². The molecule has 0 atom stereocenters. The number of aromatic nitrogens is 2. The average Bonchev–Trinajstić information content (AvgIpc) is 2.92. The lowest BCUT2D eigenvalue weighted by Crippen LogP contribution is -1.97. The van der Waals surface area contributed by atoms with E-state index in [2.05, 4.69) is 22.1 Å². The molecule has 1 heterocycles. The number of imidazole rings is 1. The number of hydrogen-bond donors (Lipinski definition) is 2. The fourth-order valence-electron chi connectivity index (χ4n) is 1.69. The van der Waals surface area contributed by atoms with Gasteiger partial charge in [-0.15, -0.1) is 0 Å². The molecule has 0 fully saturated rings. The van der Waals surface area contributed by atoms with Crippen molar-refractivity contribution in [3.8, 4) is 11.4 Å². The van der Waals surface area contributed by atoms with Crippen LogP contribution in [0.25, 0.3) is 22.4 Å². The number of hydrogen-bond acceptors (Lipinski definition) is 3. The topological polar surface area (TPSA) is 83.1 Å². The SMILES string of the molecule is CCS(=O)(=O)O.c1ccc(-c2nc3ccccc3[nH]2)cc1. The van der Waals surface area contributed by atoms with Crippen molar-refractivity contribution >= 4 is 21.2 Å². The number of nitrogens with zero attached hydrogens (tertiary/aromatic N) is 1. The Kier molecular flexibility index (Phi) is 4.72. The van der Waals surface area contributed by atoms with Gasteiger partial charge in [0.2, 0.25) is 0 Å². The van der Waals surface area contributed by atoms with E-state index in [0.717, 1.165) is 22.4 Å². The second kappa shape index (κ2) is 6.51. The van der Waals surface area contributed by atoms with Gasteiger partial charge in [-0.2, -0.15) is 8.42 Å². The number of benzene rings is 2. The molecule has 0 bridgehead atoms. The molecule has 0 aliphatic rings. The van der Waals surface area contributed by atoms with Crippen molar-refractivity contribution in [2.45, 2.75) is 6.92 Å². The average molecular weight is 304 g/mol. The van der Waals surface area contributed by atoms with Crippen LogP contribution in [0.2, 0.25) is 0 Å². The van der Waals surface area contributed by atoms with E-state index in [1.165, 1.54) is 6.92 Å². The van der Waals surface area contributed by atoms with E-state index in [1.807, 2.05) is 42.5 Å². The van der Waals surface area contributed by atoms with Crippen molar-refractivity contribution in [1.82, 2.24) is 9.97 Å². The molecule has 5 nitrogen and oxygen atoms in total. The highest BCUT2D eigenvalue weighted by atomic mass is 32.2. The highest BCUT2D eigenvalue weighted by Gasteiger charge is 2.02. The first-order valence-electron chi connectivity index (χ1n) is 6.45. The molecule has 0 amide bonds. The molecule has 0 saturated heterocycles. The second-order valence-corrected chi connectivity index (χ2v) is 6.08. The number of fused-ring (bicyclic) bond motifs is 1. The van der Waals surface area contributed by atoms with Gasteiger partial charge >= 0.3 is 0 Å². The van der Waals surface area contributed by atoms with Crippen LogP contribution >= 0.6 is 0 Å². The van der Waals surface area contributed by atoms with Crippen molar-refractivity contribution in [2.75, 3.05) is 5.75 Å². The van der Waals surface area contributed by atoms with E-state index in [1.54, 1.807) is 0 Å². The monoisotopic (exact) mass is 304 g/mol. The third kappa shape index (κ3) is 4.40. The molecule has 0 saturated carbocycles. The Hall–Kier alpha value is -2.18. The predicted molar refractivity (Wildman–Crippen MR) is 83.6 cm³/mol. The van der Waals surface area contributed by atoms with Gasteiger partial charge in [0.05, 0.1) is 16.8 Å². The summed E-state index contributed by atoms with van der Waals surface area (Å²) >= 11 is 0. The molecule has 21 heavy (non-hydrogen) atoms. The van der Waals surface area contributed by atoms with Crippen molar-refractivity contribution in [2.24, 2.45) is 0 Å². The van der Waals surface area contributed by atoms with Crippen molar-refractivity contribution in [3.63, 3.8) is 0 Å². The fourth-order valence-corrected chi connectivity index (χ4v) is 1.69. The summed E-state index contributed by atoms with van der Waals surface area (Å²) in [5, 5.41) is 0. The Bertz CT molecular complexity index is 778. The Morgan fingerprint density at radius 3 is 2.19 bits per heavy atom. The Morgan fingerprint density at radius 2 is 1.62 bits per heavy atom. The summed E-state index contributed by atoms with van der Waals surface area (Å²) < 4.78 is 26.9. The van der Waals surface area contributed by atoms with E-state index in [4.69, 9.17) is 4.55 Å². The maximum Gasteiger partial charge on any atom is 0.264 e. The van der Waals surface area contributed by atoms with E-state index in [0.29, 0.717) is 0 Å². The molecule has 3 aromatic rings. The number of H-pyrrole nitrogens is 1. The van der Waals surface area contributed by atoms with Gasteiger partial charge in [-0.3, -0.25) is 4.55 Å². The Morgan fingerprint density at radius 1 is 1.05 bits per heavy atom. The lowest BCUT2D eigenvalue weighted by Gasteiger charge is -1.93. The van der Waals surface area contributed by atoms with Gasteiger partial charge in [0.1, 0.15) is 5.82 Å². The maximum atomic E-state index is 9.56. The number of para-hydroxylation sites is 2. The predicted octanol–water partition coefficient (Wildman–Crippen LogP) is 3.12. The summed E-state index contributed by atoms with van der Waals surface area (Å²) in [6, 6.07) is 18.2. The van der Waals surface area contributed by atoms with Crippen LogP contribution in [0, 0.1) is 0 Å². The summed E-state index contributed by atoms with van der Waals surface area (Å²) in [7, 11) is -3.66. The van der Waals surface area contributed by atoms with E-state index in [9.17, 15) is 8.42 Å². The number of aromatic amines is 1. The molecule has 6 heteroatoms. The number of nitrogens with one attached hydrogen (secondary N) is 1. The molecule has 2 aromatic carbocycles. The molecule has 0 spiro atoms. The van der Waals surface area contributed by atoms with Crippen LogP contribution < -0.4 is 0 Å². The van der Waals surface area contributed by atoms with Gasteiger partial charge in [0, 0.05) is 5.56 Å². The van der Waals surface area contributed by atoms with Crippen LogP contribution in [-0.2, 0) is 10.1 Å². The molecular weight excluding hydrogens is 288 g/mol. The molecule has 0 aliphatic carbocycles. The summed E-state index contributed by atoms with van der Waals surface area (Å²) in [6.45, 7) is 1.37. The van der Waals surface area contributed by atoms with Gasteiger partial charge in [-0.1, -0.05) is 42.5 Å². The van der Waals surface area contributed by atoms with Gasteiger partial charge in [-0.25, -0.2) is 4.98 Å². The van der Waals surface area contributed by atoms with Crippen LogP contribution in [0.15, 0.2) is 54.6 Å². The smallest absolute Gasteiger partial charge is 0.264 e. The highest BCUT2D eigenvalue weighted by molar-refractivity contribution is 7.85. The molecule has 110 valence electrons. The van der Waals surface area contributed by atoms with Crippen LogP contribution in [0.5, 0.6) is 0 Å². The van der Waals surface area contributed by atoms with E-state index < -0.39 is 10.1 Å². The summed E-state index contributed by atoms with van der Waals surface area (Å²) in [4.78, 5) is 7.83. The van der Waals surface area contributed by atoms with E-state index >= 15 is 0 Å². The lowest BCUT2D eigenvalue weighted by atomic mass is 10.2. The first kappa shape index (κ1) is 15.2. The van der Waals surface area contributed by atoms with Crippen molar-refractivity contribution in [1.29, 1.82) is 0 Å². The summed E-state index contributed by atoms with van der Waals surface area (Å²) in [6.07, 6.45) is 0. The summed E-state index contributed by atoms with van der Waals surface area (Å²) in [5.74, 6) is 0.726. The van der Waals surface area contributed by atoms with E-state index in [-0.39, 0.29) is 5.75 Å². The molecule has 2 N–H and O–H groups in total. The summed E-state index contributed by atoms with van der Waals surface area (Å²) in [5.41, 5.74) is 3.21. The van der Waals surface area contributed by atoms with Crippen LogP contribution in [0.3, 0.4) is 0 Å². The molecule has 0 radical (unpaired) electrons. The zero-order chi connectivity index (χ0) is 15.3. The normalized spacial score (nSPS) is 11.0. The third-order valence-corrected chi connectivity index (χ3v) is 3.53. The van der Waals surface area contributed by atoms with Crippen LogP contribution in [0.4, 0.5) is 0 Å². The van der Waals surface area contributed by atoms with Gasteiger partial charge in [0.25, 0.3) is 10.1 Å². The molecule has 1 aromatic heterocycles. The maximum absolute atomic E-state index is 9.56. The Labute approximate surface area is 123 Å². The zero-order valence-corrected chi connectivity index (χ0v) is 12.3. The van der Waals surface area contributed by atoms with Crippen molar-refractivity contribution < 1.29 is 13.0 Å². The third-order valence-electron chi connectivity index (χ3n) is 2.80. The highest BCUT2D eigenvalue weighted by Crippen LogP contribution is 2.19. The zero-order valence-electron chi connectivity index (χ0n) is 11.5. The fraction of sp³-hybridized carbons (Fsp3) is 0.133. The van der Waals surface area contributed by atoms with Gasteiger partial charge in [-0.05, 0) is 19.1 Å².